The van der Waals surface area contributed by atoms with Crippen LogP contribution in [0.1, 0.15) is 60.8 Å². The molecule has 0 aliphatic carbocycles. The topological polar surface area (TPSA) is 3.24 Å². The van der Waals surface area contributed by atoms with Gasteiger partial charge < -0.3 is 0 Å². The number of nitrogens with zero attached hydrogens (tertiary/aromatic N) is 1. The maximum Gasteiger partial charge on any atom is 0.0125 e. The Morgan fingerprint density at radius 1 is 0.857 bits per heavy atom. The SMILES string of the molecule is CC(C)(C)N1CCCCC1.CC(C)C. The van der Waals surface area contributed by atoms with Gasteiger partial charge in [0.2, 0.25) is 0 Å². The van der Waals surface area contributed by atoms with E-state index in [1.165, 1.54) is 32.4 Å². The van der Waals surface area contributed by atoms with Crippen molar-refractivity contribution in [3.63, 3.8) is 0 Å². The van der Waals surface area contributed by atoms with Gasteiger partial charge in [0.1, 0.15) is 0 Å². The van der Waals surface area contributed by atoms with E-state index in [9.17, 15) is 0 Å². The van der Waals surface area contributed by atoms with Crippen LogP contribution in [0, 0.1) is 5.92 Å². The Kier molecular flexibility index (Phi) is 6.43. The Hall–Kier alpha value is -0.0400. The van der Waals surface area contributed by atoms with Crippen molar-refractivity contribution in [3.05, 3.63) is 0 Å². The molecular weight excluding hydrogens is 170 g/mol. The van der Waals surface area contributed by atoms with Gasteiger partial charge in [-0.15, -0.1) is 0 Å². The summed E-state index contributed by atoms with van der Waals surface area (Å²) in [5.41, 5.74) is 0.403. The first-order chi connectivity index (χ1) is 6.34. The number of hydrogen-bond donors (Lipinski definition) is 0. The highest BCUT2D eigenvalue weighted by molar-refractivity contribution is 4.78. The van der Waals surface area contributed by atoms with Gasteiger partial charge in [0, 0.05) is 5.54 Å². The number of likely N-dealkylation sites (tertiary alicyclic amines) is 1. The predicted molar refractivity (Wildman–Crippen MR) is 65.7 cm³/mol. The zero-order valence-corrected chi connectivity index (χ0v) is 11.1. The lowest BCUT2D eigenvalue weighted by Crippen LogP contribution is -2.44. The molecule has 1 nitrogen and oxygen atoms in total. The van der Waals surface area contributed by atoms with Crippen LogP contribution in [-0.2, 0) is 0 Å². The second kappa shape index (κ2) is 6.44. The smallest absolute Gasteiger partial charge is 0.0125 e. The van der Waals surface area contributed by atoms with Gasteiger partial charge in [-0.1, -0.05) is 27.2 Å². The fourth-order valence-electron chi connectivity index (χ4n) is 1.56. The lowest BCUT2D eigenvalue weighted by molar-refractivity contribution is 0.111. The minimum absolute atomic E-state index is 0.403. The predicted octanol–water partition coefficient (Wildman–Crippen LogP) is 3.93. The maximum atomic E-state index is 2.58. The Balaban J connectivity index is 0.000000364. The Bertz CT molecular complexity index is 124. The summed E-state index contributed by atoms with van der Waals surface area (Å²) in [5, 5.41) is 0. The van der Waals surface area contributed by atoms with Crippen LogP contribution >= 0.6 is 0 Å². The molecule has 1 heterocycles. The molecule has 0 spiro atoms. The third kappa shape index (κ3) is 7.37. The van der Waals surface area contributed by atoms with Crippen molar-refractivity contribution in [1.29, 1.82) is 0 Å². The molecule has 1 heteroatoms. The average molecular weight is 199 g/mol. The number of hydrogen-bond acceptors (Lipinski definition) is 1. The standard InChI is InChI=1S/C9H19N.C4H10/c1-9(2,3)10-7-5-4-6-8-10;1-4(2)3/h4-8H2,1-3H3;4H,1-3H3. The van der Waals surface area contributed by atoms with Crippen molar-refractivity contribution in [2.45, 2.75) is 66.3 Å². The first-order valence-corrected chi connectivity index (χ1v) is 6.09. The highest BCUT2D eigenvalue weighted by Crippen LogP contribution is 2.18. The zero-order valence-electron chi connectivity index (χ0n) is 11.1. The van der Waals surface area contributed by atoms with E-state index in [-0.39, 0.29) is 0 Å². The quantitative estimate of drug-likeness (QED) is 0.571. The summed E-state index contributed by atoms with van der Waals surface area (Å²) in [6.07, 6.45) is 4.24. The fourth-order valence-corrected chi connectivity index (χ4v) is 1.56. The van der Waals surface area contributed by atoms with E-state index in [0.29, 0.717) is 5.54 Å². The largest absolute Gasteiger partial charge is 0.298 e. The summed E-state index contributed by atoms with van der Waals surface area (Å²) in [7, 11) is 0. The molecule has 1 fully saturated rings. The second-order valence-electron chi connectivity index (χ2n) is 5.95. The van der Waals surface area contributed by atoms with Gasteiger partial charge in [-0.25, -0.2) is 0 Å². The van der Waals surface area contributed by atoms with Gasteiger partial charge in [-0.05, 0) is 52.6 Å². The van der Waals surface area contributed by atoms with Gasteiger partial charge in [0.05, 0.1) is 0 Å². The minimum atomic E-state index is 0.403. The van der Waals surface area contributed by atoms with Crippen LogP contribution in [0.25, 0.3) is 0 Å². The van der Waals surface area contributed by atoms with Crippen molar-refractivity contribution >= 4 is 0 Å². The van der Waals surface area contributed by atoms with E-state index in [0.717, 1.165) is 5.92 Å². The zero-order chi connectivity index (χ0) is 11.2. The van der Waals surface area contributed by atoms with E-state index < -0.39 is 0 Å². The first kappa shape index (κ1) is 14.0. The molecule has 1 rings (SSSR count). The summed E-state index contributed by atoms with van der Waals surface area (Å²) >= 11 is 0. The summed E-state index contributed by atoms with van der Waals surface area (Å²) in [6.45, 7) is 16.0. The van der Waals surface area contributed by atoms with Crippen molar-refractivity contribution < 1.29 is 0 Å². The van der Waals surface area contributed by atoms with E-state index >= 15 is 0 Å². The summed E-state index contributed by atoms with van der Waals surface area (Å²) < 4.78 is 0. The van der Waals surface area contributed by atoms with E-state index in [1.807, 2.05) is 0 Å². The van der Waals surface area contributed by atoms with Crippen LogP contribution in [0.15, 0.2) is 0 Å². The Labute approximate surface area is 90.9 Å². The molecule has 0 aromatic heterocycles. The Morgan fingerprint density at radius 3 is 1.43 bits per heavy atom. The summed E-state index contributed by atoms with van der Waals surface area (Å²) in [4.78, 5) is 2.58. The van der Waals surface area contributed by atoms with E-state index in [4.69, 9.17) is 0 Å². The molecule has 0 aromatic rings. The lowest BCUT2D eigenvalue weighted by Gasteiger charge is -2.38. The molecule has 1 aliphatic rings. The molecule has 0 N–H and O–H groups in total. The average Bonchev–Trinajstić information content (AvgIpc) is 2.03. The molecule has 0 radical (unpaired) electrons. The molecule has 0 atom stereocenters. The molecule has 0 unspecified atom stereocenters. The molecule has 0 bridgehead atoms. The summed E-state index contributed by atoms with van der Waals surface area (Å²) in [5.74, 6) is 0.833. The third-order valence-corrected chi connectivity index (χ3v) is 2.30. The van der Waals surface area contributed by atoms with Crippen LogP contribution in [-0.4, -0.2) is 23.5 Å². The van der Waals surface area contributed by atoms with Gasteiger partial charge in [0.15, 0.2) is 0 Å². The van der Waals surface area contributed by atoms with Crippen LogP contribution in [0.4, 0.5) is 0 Å². The first-order valence-electron chi connectivity index (χ1n) is 6.09. The van der Waals surface area contributed by atoms with Crippen molar-refractivity contribution in [2.24, 2.45) is 5.92 Å². The van der Waals surface area contributed by atoms with Crippen LogP contribution < -0.4 is 0 Å². The second-order valence-corrected chi connectivity index (χ2v) is 5.95. The van der Waals surface area contributed by atoms with Crippen molar-refractivity contribution in [3.8, 4) is 0 Å². The van der Waals surface area contributed by atoms with Gasteiger partial charge in [0.25, 0.3) is 0 Å². The molecule has 0 saturated carbocycles. The van der Waals surface area contributed by atoms with Gasteiger partial charge in [-0.2, -0.15) is 0 Å². The normalized spacial score (nSPS) is 19.1. The Morgan fingerprint density at radius 2 is 1.21 bits per heavy atom. The van der Waals surface area contributed by atoms with Crippen LogP contribution in [0.5, 0.6) is 0 Å². The van der Waals surface area contributed by atoms with E-state index in [1.54, 1.807) is 0 Å². The molecule has 1 saturated heterocycles. The highest BCUT2D eigenvalue weighted by atomic mass is 15.2. The summed E-state index contributed by atoms with van der Waals surface area (Å²) in [6, 6.07) is 0. The molecule has 86 valence electrons. The number of piperidine rings is 1. The monoisotopic (exact) mass is 199 g/mol. The lowest BCUT2D eigenvalue weighted by atomic mass is 10.0. The molecule has 0 amide bonds. The highest BCUT2D eigenvalue weighted by Gasteiger charge is 2.21. The third-order valence-electron chi connectivity index (χ3n) is 2.30. The van der Waals surface area contributed by atoms with E-state index in [2.05, 4.69) is 46.4 Å². The number of rotatable bonds is 0. The van der Waals surface area contributed by atoms with Crippen molar-refractivity contribution in [2.75, 3.05) is 13.1 Å². The van der Waals surface area contributed by atoms with Gasteiger partial charge in [-0.3, -0.25) is 4.90 Å². The minimum Gasteiger partial charge on any atom is -0.298 e. The molecule has 14 heavy (non-hydrogen) atoms. The van der Waals surface area contributed by atoms with Crippen LogP contribution in [0.2, 0.25) is 0 Å². The molecule has 0 aromatic carbocycles. The molecule has 1 aliphatic heterocycles. The van der Waals surface area contributed by atoms with Crippen LogP contribution in [0.3, 0.4) is 0 Å². The van der Waals surface area contributed by atoms with Gasteiger partial charge >= 0.3 is 0 Å². The molecular formula is C13H29N. The maximum absolute atomic E-state index is 2.58. The fraction of sp³-hybridized carbons (Fsp3) is 1.00. The van der Waals surface area contributed by atoms with Crippen molar-refractivity contribution in [1.82, 2.24) is 4.90 Å².